The number of carboxylic acid groups (broad SMARTS) is 1. The van der Waals surface area contributed by atoms with Crippen molar-refractivity contribution in [1.29, 1.82) is 0 Å². The largest absolute Gasteiger partial charge is 0.477 e. The van der Waals surface area contributed by atoms with Gasteiger partial charge in [-0.2, -0.15) is 0 Å². The molecule has 0 aliphatic heterocycles. The molecule has 0 aliphatic carbocycles. The summed E-state index contributed by atoms with van der Waals surface area (Å²) < 4.78 is 0. The van der Waals surface area contributed by atoms with E-state index in [0.717, 1.165) is 0 Å². The van der Waals surface area contributed by atoms with Gasteiger partial charge in [-0.25, -0.2) is 9.78 Å². The molecule has 0 bridgehead atoms. The van der Waals surface area contributed by atoms with Crippen molar-refractivity contribution in [2.45, 2.75) is 0 Å². The minimum absolute atomic E-state index is 0.131. The van der Waals surface area contributed by atoms with Gasteiger partial charge in [0.1, 0.15) is 5.82 Å². The van der Waals surface area contributed by atoms with Crippen molar-refractivity contribution < 1.29 is 14.7 Å². The summed E-state index contributed by atoms with van der Waals surface area (Å²) in [6.45, 7) is 0. The van der Waals surface area contributed by atoms with Crippen LogP contribution >= 0.6 is 11.6 Å². The van der Waals surface area contributed by atoms with E-state index < -0.39 is 5.97 Å². The van der Waals surface area contributed by atoms with Gasteiger partial charge in [0.15, 0.2) is 5.69 Å². The number of pyridine rings is 1. The molecule has 0 spiro atoms. The lowest BCUT2D eigenvalue weighted by atomic mass is 10.2. The molecule has 96 valence electrons. The van der Waals surface area contributed by atoms with Crippen molar-refractivity contribution in [2.24, 2.45) is 0 Å². The van der Waals surface area contributed by atoms with Gasteiger partial charge in [0.25, 0.3) is 5.91 Å². The van der Waals surface area contributed by atoms with Gasteiger partial charge < -0.3 is 10.4 Å². The summed E-state index contributed by atoms with van der Waals surface area (Å²) in [5.41, 5.74) is 0.279. The molecule has 2 aromatic rings. The molecule has 0 aliphatic rings. The number of nitrogens with one attached hydrogen (secondary N) is 1. The fourth-order valence-corrected chi connectivity index (χ4v) is 1.54. The fourth-order valence-electron chi connectivity index (χ4n) is 1.41. The number of carboxylic acids is 1. The maximum atomic E-state index is 11.9. The molecule has 1 aromatic heterocycles. The number of halogens is 1. The molecular weight excluding hydrogens is 268 g/mol. The Balaban J connectivity index is 2.17. The molecule has 0 saturated heterocycles. The summed E-state index contributed by atoms with van der Waals surface area (Å²) in [4.78, 5) is 26.4. The number of hydrogen-bond acceptors (Lipinski definition) is 3. The first-order valence-electron chi connectivity index (χ1n) is 5.33. The molecule has 19 heavy (non-hydrogen) atoms. The van der Waals surface area contributed by atoms with Gasteiger partial charge in [-0.05, 0) is 36.4 Å². The molecule has 0 saturated carbocycles. The van der Waals surface area contributed by atoms with Gasteiger partial charge in [0.05, 0.1) is 0 Å². The Morgan fingerprint density at radius 1 is 1.11 bits per heavy atom. The van der Waals surface area contributed by atoms with E-state index in [-0.39, 0.29) is 17.4 Å². The number of carbonyl (C=O) groups excluding carboxylic acids is 1. The zero-order valence-electron chi connectivity index (χ0n) is 9.63. The predicted octanol–water partition coefficient (Wildman–Crippen LogP) is 2.69. The molecule has 0 radical (unpaired) electrons. The molecule has 0 atom stereocenters. The van der Waals surface area contributed by atoms with Crippen LogP contribution in [0.25, 0.3) is 0 Å². The van der Waals surface area contributed by atoms with E-state index in [0.29, 0.717) is 10.6 Å². The summed E-state index contributed by atoms with van der Waals surface area (Å²) in [5.74, 6) is -1.35. The van der Waals surface area contributed by atoms with Crippen LogP contribution in [0.2, 0.25) is 5.02 Å². The molecule has 2 N–H and O–H groups in total. The van der Waals surface area contributed by atoms with Crippen molar-refractivity contribution in [3.63, 3.8) is 0 Å². The van der Waals surface area contributed by atoms with E-state index in [4.69, 9.17) is 16.7 Å². The number of aromatic nitrogens is 1. The molecule has 5 nitrogen and oxygen atoms in total. The second kappa shape index (κ2) is 5.49. The van der Waals surface area contributed by atoms with E-state index in [1.165, 1.54) is 18.2 Å². The minimum atomic E-state index is -1.15. The third kappa shape index (κ3) is 3.29. The molecule has 6 heteroatoms. The number of benzene rings is 1. The van der Waals surface area contributed by atoms with E-state index in [1.807, 2.05) is 0 Å². The average Bonchev–Trinajstić information content (AvgIpc) is 2.39. The van der Waals surface area contributed by atoms with Crippen molar-refractivity contribution in [3.8, 4) is 0 Å². The second-order valence-electron chi connectivity index (χ2n) is 3.67. The van der Waals surface area contributed by atoms with E-state index >= 15 is 0 Å². The fraction of sp³-hybridized carbons (Fsp3) is 0. The first-order chi connectivity index (χ1) is 9.06. The van der Waals surface area contributed by atoms with E-state index in [9.17, 15) is 9.59 Å². The predicted molar refractivity (Wildman–Crippen MR) is 70.6 cm³/mol. The number of anilines is 1. The van der Waals surface area contributed by atoms with Crippen molar-refractivity contribution in [3.05, 3.63) is 58.7 Å². The van der Waals surface area contributed by atoms with Crippen LogP contribution < -0.4 is 5.32 Å². The van der Waals surface area contributed by atoms with Crippen molar-refractivity contribution in [2.75, 3.05) is 5.32 Å². The number of aromatic carboxylic acids is 1. The Morgan fingerprint density at radius 2 is 1.79 bits per heavy atom. The zero-order valence-corrected chi connectivity index (χ0v) is 10.4. The summed E-state index contributed by atoms with van der Waals surface area (Å²) >= 11 is 5.72. The SMILES string of the molecule is O=C(Nc1cccc(C(=O)O)n1)c1ccc(Cl)cc1. The maximum Gasteiger partial charge on any atom is 0.354 e. The first kappa shape index (κ1) is 13.0. The highest BCUT2D eigenvalue weighted by molar-refractivity contribution is 6.30. The average molecular weight is 277 g/mol. The minimum Gasteiger partial charge on any atom is -0.477 e. The summed E-state index contributed by atoms with van der Waals surface area (Å²) in [5, 5.41) is 11.8. The lowest BCUT2D eigenvalue weighted by Gasteiger charge is -2.05. The number of amides is 1. The Hall–Kier alpha value is -2.40. The Bertz CT molecular complexity index is 626. The zero-order chi connectivity index (χ0) is 13.8. The summed E-state index contributed by atoms with van der Waals surface area (Å²) in [7, 11) is 0. The van der Waals surface area contributed by atoms with Gasteiger partial charge in [-0.15, -0.1) is 0 Å². The number of carbonyl (C=O) groups is 2. The van der Waals surface area contributed by atoms with Gasteiger partial charge in [-0.3, -0.25) is 4.79 Å². The quantitative estimate of drug-likeness (QED) is 0.903. The molecule has 0 fully saturated rings. The van der Waals surface area contributed by atoms with E-state index in [2.05, 4.69) is 10.3 Å². The lowest BCUT2D eigenvalue weighted by molar-refractivity contribution is 0.0690. The highest BCUT2D eigenvalue weighted by Crippen LogP contribution is 2.12. The van der Waals surface area contributed by atoms with E-state index in [1.54, 1.807) is 24.3 Å². The van der Waals surface area contributed by atoms with Gasteiger partial charge in [0.2, 0.25) is 0 Å². The van der Waals surface area contributed by atoms with Gasteiger partial charge >= 0.3 is 5.97 Å². The maximum absolute atomic E-state index is 11.9. The monoisotopic (exact) mass is 276 g/mol. The highest BCUT2D eigenvalue weighted by Gasteiger charge is 2.09. The molecule has 1 heterocycles. The van der Waals surface area contributed by atoms with Gasteiger partial charge in [0, 0.05) is 10.6 Å². The van der Waals surface area contributed by atoms with Crippen LogP contribution in [-0.2, 0) is 0 Å². The number of nitrogens with zero attached hydrogens (tertiary/aromatic N) is 1. The van der Waals surface area contributed by atoms with Gasteiger partial charge in [-0.1, -0.05) is 17.7 Å². The molecule has 0 unspecified atom stereocenters. The lowest BCUT2D eigenvalue weighted by Crippen LogP contribution is -2.14. The van der Waals surface area contributed by atoms with Crippen LogP contribution in [0.3, 0.4) is 0 Å². The first-order valence-corrected chi connectivity index (χ1v) is 5.71. The topological polar surface area (TPSA) is 79.3 Å². The van der Waals surface area contributed by atoms with Crippen LogP contribution in [0.5, 0.6) is 0 Å². The third-order valence-corrected chi connectivity index (χ3v) is 2.57. The number of rotatable bonds is 3. The molecular formula is C13H9ClN2O3. The van der Waals surface area contributed by atoms with Crippen LogP contribution in [0.15, 0.2) is 42.5 Å². The molecule has 2 rings (SSSR count). The molecule has 1 amide bonds. The standard InChI is InChI=1S/C13H9ClN2O3/c14-9-6-4-8(5-7-9)12(17)16-11-3-1-2-10(15-11)13(18)19/h1-7H,(H,18,19)(H,15,16,17). The Kier molecular flexibility index (Phi) is 3.77. The van der Waals surface area contributed by atoms with Crippen LogP contribution in [0, 0.1) is 0 Å². The normalized spacial score (nSPS) is 9.95. The Morgan fingerprint density at radius 3 is 2.42 bits per heavy atom. The smallest absolute Gasteiger partial charge is 0.354 e. The Labute approximate surface area is 113 Å². The van der Waals surface area contributed by atoms with Crippen LogP contribution in [-0.4, -0.2) is 22.0 Å². The molecule has 1 aromatic carbocycles. The second-order valence-corrected chi connectivity index (χ2v) is 4.11. The highest BCUT2D eigenvalue weighted by atomic mass is 35.5. The third-order valence-electron chi connectivity index (χ3n) is 2.32. The summed E-state index contributed by atoms with van der Waals surface area (Å²) in [6.07, 6.45) is 0. The summed E-state index contributed by atoms with van der Waals surface area (Å²) in [6, 6.07) is 10.7. The number of hydrogen-bond donors (Lipinski definition) is 2. The van der Waals surface area contributed by atoms with Crippen LogP contribution in [0.4, 0.5) is 5.82 Å². The van der Waals surface area contributed by atoms with Crippen molar-refractivity contribution in [1.82, 2.24) is 4.98 Å². The van der Waals surface area contributed by atoms with Crippen LogP contribution in [0.1, 0.15) is 20.8 Å². The van der Waals surface area contributed by atoms with Crippen molar-refractivity contribution >= 4 is 29.3 Å².